The summed E-state index contributed by atoms with van der Waals surface area (Å²) >= 11 is 0. The second kappa shape index (κ2) is 6.19. The van der Waals surface area contributed by atoms with Gasteiger partial charge in [-0.25, -0.2) is 0 Å². The van der Waals surface area contributed by atoms with Crippen LogP contribution in [0.4, 0.5) is 12.9 Å². The summed E-state index contributed by atoms with van der Waals surface area (Å²) in [6.07, 6.45) is -0.384. The van der Waals surface area contributed by atoms with Gasteiger partial charge in [-0.05, 0) is 26.3 Å². The normalized spacial score (nSPS) is 26.3. The molecule has 1 amide bonds. The summed E-state index contributed by atoms with van der Waals surface area (Å²) in [7, 11) is 1.50. The Bertz CT molecular complexity index is 264. The van der Waals surface area contributed by atoms with Crippen LogP contribution in [0, 0.1) is 5.41 Å². The molecule has 0 saturated carbocycles. The molecule has 0 aromatic carbocycles. The fraction of sp³-hybridized carbons (Fsp3) is 0.875. The van der Waals surface area contributed by atoms with Gasteiger partial charge in [0.15, 0.2) is 0 Å². The second-order valence-corrected chi connectivity index (χ2v) is 4.34. The van der Waals surface area contributed by atoms with Gasteiger partial charge < -0.3 is 23.2 Å². The van der Waals surface area contributed by atoms with Gasteiger partial charge in [0.25, 0.3) is 0 Å². The molecule has 0 bridgehead atoms. The Morgan fingerprint density at radius 1 is 1.50 bits per heavy atom. The Morgan fingerprint density at radius 3 is 2.50 bits per heavy atom. The van der Waals surface area contributed by atoms with E-state index in [-0.39, 0.29) is 63.8 Å². The third kappa shape index (κ3) is 4.66. The van der Waals surface area contributed by atoms with Gasteiger partial charge in [-0.3, -0.25) is 4.79 Å². The molecule has 16 heavy (non-hydrogen) atoms. The first-order valence-corrected chi connectivity index (χ1v) is 4.92. The van der Waals surface area contributed by atoms with E-state index >= 15 is 0 Å². The summed E-state index contributed by atoms with van der Waals surface area (Å²) in [6.45, 7) is -2.56. The number of hydrogen-bond donors (Lipinski definition) is 1. The summed E-state index contributed by atoms with van der Waals surface area (Å²) in [5.74, 6) is -0.181. The molecule has 0 aliphatic carbocycles. The van der Waals surface area contributed by atoms with E-state index in [9.17, 15) is 17.7 Å². The van der Waals surface area contributed by atoms with Crippen molar-refractivity contribution in [1.82, 2.24) is 10.2 Å². The standard InChI is InChI=1S/C8H15BF3N2O.K/c1-8(7(15)13-2)3-4-14(5-8)6-9(10,11)12;/h3-6H2,1-2H3,(H,13,15);/q-1;+1. The number of nitrogens with zero attached hydrogens (tertiary/aromatic N) is 1. The van der Waals surface area contributed by atoms with E-state index in [2.05, 4.69) is 5.32 Å². The van der Waals surface area contributed by atoms with Crippen LogP contribution in [-0.4, -0.2) is 44.4 Å². The number of halogens is 3. The predicted molar refractivity (Wildman–Crippen MR) is 52.3 cm³/mol. The Balaban J connectivity index is 0.00000225. The van der Waals surface area contributed by atoms with Crippen LogP contribution in [0.2, 0.25) is 0 Å². The molecular formula is C8H15BF3KN2O. The maximum Gasteiger partial charge on any atom is 1.00 e. The Labute approximate surface area is 136 Å². The van der Waals surface area contributed by atoms with Crippen LogP contribution < -0.4 is 56.7 Å². The molecule has 0 spiro atoms. The minimum atomic E-state index is -4.79. The van der Waals surface area contributed by atoms with Gasteiger partial charge in [-0.2, -0.15) is 0 Å². The Kier molecular flexibility index (Phi) is 6.55. The largest absolute Gasteiger partial charge is 1.00 e. The molecule has 1 fully saturated rings. The fourth-order valence-electron chi connectivity index (χ4n) is 1.99. The number of carbonyl (C=O) groups excluding carboxylic acids is 1. The van der Waals surface area contributed by atoms with E-state index in [1.165, 1.54) is 11.9 Å². The van der Waals surface area contributed by atoms with Gasteiger partial charge in [-0.1, -0.05) is 0 Å². The average molecular weight is 262 g/mol. The molecule has 1 unspecified atom stereocenters. The third-order valence-corrected chi connectivity index (χ3v) is 2.79. The number of likely N-dealkylation sites (tertiary alicyclic amines) is 1. The number of nitrogens with one attached hydrogen (secondary N) is 1. The maximum absolute atomic E-state index is 12.2. The van der Waals surface area contributed by atoms with Crippen LogP contribution in [0.5, 0.6) is 0 Å². The van der Waals surface area contributed by atoms with E-state index in [0.717, 1.165) is 0 Å². The SMILES string of the molecule is CNC(=O)C1(C)CCN(C[B-](F)(F)F)C1.[K+]. The van der Waals surface area contributed by atoms with Crippen molar-refractivity contribution in [2.45, 2.75) is 13.3 Å². The minimum absolute atomic E-state index is 0. The molecular weight excluding hydrogens is 247 g/mol. The molecule has 1 aliphatic heterocycles. The molecule has 0 radical (unpaired) electrons. The maximum atomic E-state index is 12.2. The van der Waals surface area contributed by atoms with Crippen LogP contribution in [0.15, 0.2) is 0 Å². The Hall–Kier alpha value is 0.921. The summed E-state index contributed by atoms with van der Waals surface area (Å²) in [5.41, 5.74) is -0.671. The van der Waals surface area contributed by atoms with Gasteiger partial charge >= 0.3 is 58.4 Å². The molecule has 1 N–H and O–H groups in total. The third-order valence-electron chi connectivity index (χ3n) is 2.79. The van der Waals surface area contributed by atoms with Gasteiger partial charge in [0, 0.05) is 13.6 Å². The first-order chi connectivity index (χ1) is 6.77. The van der Waals surface area contributed by atoms with Crippen molar-refractivity contribution in [3.8, 4) is 0 Å². The molecule has 1 saturated heterocycles. The van der Waals surface area contributed by atoms with Crippen molar-refractivity contribution in [3.05, 3.63) is 0 Å². The number of carbonyl (C=O) groups is 1. The quantitative estimate of drug-likeness (QED) is 0.587. The average Bonchev–Trinajstić information content (AvgIpc) is 2.44. The monoisotopic (exact) mass is 262 g/mol. The van der Waals surface area contributed by atoms with Crippen LogP contribution in [-0.2, 0) is 4.79 Å². The van der Waals surface area contributed by atoms with Gasteiger partial charge in [-0.15, -0.1) is 0 Å². The van der Waals surface area contributed by atoms with Gasteiger partial charge in [0.2, 0.25) is 5.91 Å². The molecule has 0 aromatic rings. The zero-order chi connectivity index (χ0) is 11.7. The molecule has 1 aliphatic rings. The number of hydrogen-bond acceptors (Lipinski definition) is 2. The van der Waals surface area contributed by atoms with E-state index < -0.39 is 18.8 Å². The zero-order valence-electron chi connectivity index (χ0n) is 9.90. The first kappa shape index (κ1) is 16.9. The zero-order valence-corrected chi connectivity index (χ0v) is 13.0. The number of rotatable bonds is 3. The van der Waals surface area contributed by atoms with E-state index in [1.54, 1.807) is 6.92 Å². The second-order valence-electron chi connectivity index (χ2n) is 4.34. The first-order valence-electron chi connectivity index (χ1n) is 4.92. The van der Waals surface area contributed by atoms with E-state index in [1.807, 2.05) is 0 Å². The van der Waals surface area contributed by atoms with Crippen LogP contribution in [0.3, 0.4) is 0 Å². The minimum Gasteiger partial charge on any atom is -0.448 e. The molecule has 0 aromatic heterocycles. The predicted octanol–water partition coefficient (Wildman–Crippen LogP) is -2.16. The summed E-state index contributed by atoms with van der Waals surface area (Å²) < 4.78 is 36.5. The van der Waals surface area contributed by atoms with E-state index in [0.29, 0.717) is 13.0 Å². The summed E-state index contributed by atoms with van der Waals surface area (Å²) in [6, 6.07) is 0. The summed E-state index contributed by atoms with van der Waals surface area (Å²) in [4.78, 5) is 12.7. The molecule has 88 valence electrons. The molecule has 1 heterocycles. The molecule has 1 atom stereocenters. The van der Waals surface area contributed by atoms with Crippen molar-refractivity contribution in [3.63, 3.8) is 0 Å². The van der Waals surface area contributed by atoms with Crippen LogP contribution in [0.1, 0.15) is 13.3 Å². The van der Waals surface area contributed by atoms with Crippen molar-refractivity contribution in [1.29, 1.82) is 0 Å². The van der Waals surface area contributed by atoms with Crippen molar-refractivity contribution >= 4 is 12.9 Å². The topological polar surface area (TPSA) is 32.3 Å². The fourth-order valence-corrected chi connectivity index (χ4v) is 1.99. The number of amides is 1. The van der Waals surface area contributed by atoms with Crippen molar-refractivity contribution in [2.24, 2.45) is 5.41 Å². The van der Waals surface area contributed by atoms with Gasteiger partial charge in [0.1, 0.15) is 0 Å². The van der Waals surface area contributed by atoms with Crippen LogP contribution in [0.25, 0.3) is 0 Å². The van der Waals surface area contributed by atoms with Gasteiger partial charge in [0.05, 0.1) is 5.41 Å². The molecule has 8 heteroatoms. The molecule has 1 rings (SSSR count). The van der Waals surface area contributed by atoms with Crippen LogP contribution >= 0.6 is 0 Å². The van der Waals surface area contributed by atoms with Crippen molar-refractivity contribution in [2.75, 3.05) is 26.6 Å². The molecule has 3 nitrogen and oxygen atoms in total. The smallest absolute Gasteiger partial charge is 0.448 e. The van der Waals surface area contributed by atoms with E-state index in [4.69, 9.17) is 0 Å². The summed E-state index contributed by atoms with van der Waals surface area (Å²) in [5, 5.41) is 2.49. The Morgan fingerprint density at radius 2 is 2.06 bits per heavy atom. The van der Waals surface area contributed by atoms with Crippen molar-refractivity contribution < 1.29 is 69.1 Å².